The maximum absolute atomic E-state index is 13.9. The predicted octanol–water partition coefficient (Wildman–Crippen LogP) is 4.79. The molecule has 2 aliphatic rings. The molecular formula is C28H32Cl2N4O4S. The highest BCUT2D eigenvalue weighted by molar-refractivity contribution is 7.89. The number of hydrogen-bond donors (Lipinski definition) is 1. The van der Waals surface area contributed by atoms with Gasteiger partial charge in [-0.2, -0.15) is 4.31 Å². The molecule has 2 aromatic carbocycles. The van der Waals surface area contributed by atoms with Gasteiger partial charge >= 0.3 is 0 Å². The van der Waals surface area contributed by atoms with Gasteiger partial charge in [0.05, 0.1) is 5.02 Å². The van der Waals surface area contributed by atoms with Crippen LogP contribution in [0.4, 0.5) is 0 Å². The van der Waals surface area contributed by atoms with Crippen molar-refractivity contribution < 1.29 is 17.9 Å². The van der Waals surface area contributed by atoms with Crippen LogP contribution in [0.5, 0.6) is 5.75 Å². The summed E-state index contributed by atoms with van der Waals surface area (Å²) in [5, 5.41) is 4.61. The lowest BCUT2D eigenvalue weighted by molar-refractivity contribution is -0.136. The average molecular weight is 592 g/mol. The van der Waals surface area contributed by atoms with Crippen LogP contribution in [-0.4, -0.2) is 66.3 Å². The van der Waals surface area contributed by atoms with Crippen LogP contribution in [-0.2, 0) is 21.4 Å². The highest BCUT2D eigenvalue weighted by Crippen LogP contribution is 2.37. The number of rotatable bonds is 6. The molecule has 1 aromatic heterocycles. The summed E-state index contributed by atoms with van der Waals surface area (Å²) in [4.78, 5) is 19.8. The number of carbonyl (C=O) groups excluding carboxylic acids is 1. The van der Waals surface area contributed by atoms with E-state index in [0.29, 0.717) is 47.8 Å². The van der Waals surface area contributed by atoms with Crippen molar-refractivity contribution in [1.82, 2.24) is 19.5 Å². The maximum Gasteiger partial charge on any atom is 0.245 e. The van der Waals surface area contributed by atoms with E-state index < -0.39 is 16.1 Å². The topological polar surface area (TPSA) is 91.8 Å². The van der Waals surface area contributed by atoms with E-state index in [9.17, 15) is 13.2 Å². The van der Waals surface area contributed by atoms with Crippen LogP contribution >= 0.6 is 23.2 Å². The predicted molar refractivity (Wildman–Crippen MR) is 153 cm³/mol. The SMILES string of the molecule is Cc1ccc2cccc(OCc3c(Cl)ccc(S(=O)(=O)N4CCCC4C(=O)N4CC(C)NC(C)C4)c3Cl)c2n1. The standard InChI is InChI=1S/C28H32Cl2N4O4S/c1-17-9-10-20-6-4-8-24(27(20)32-17)38-16-21-22(29)11-12-25(26(21)30)39(36,37)34-13-5-7-23(34)28(35)33-14-18(2)31-19(3)15-33/h4,6,8-12,18-19,23,31H,5,7,13-16H2,1-3H3. The van der Waals surface area contributed by atoms with Crippen molar-refractivity contribution in [2.45, 2.75) is 63.2 Å². The molecule has 11 heteroatoms. The van der Waals surface area contributed by atoms with Gasteiger partial charge in [-0.3, -0.25) is 4.79 Å². The maximum atomic E-state index is 13.9. The van der Waals surface area contributed by atoms with Crippen LogP contribution < -0.4 is 10.1 Å². The number of aromatic nitrogens is 1. The molecule has 5 rings (SSSR count). The second-order valence-electron chi connectivity index (χ2n) is 10.4. The first kappa shape index (κ1) is 28.1. The van der Waals surface area contributed by atoms with E-state index in [4.69, 9.17) is 27.9 Å². The third kappa shape index (κ3) is 5.60. The van der Waals surface area contributed by atoms with Crippen LogP contribution in [0.3, 0.4) is 0 Å². The van der Waals surface area contributed by atoms with E-state index >= 15 is 0 Å². The Hall–Kier alpha value is -2.43. The number of para-hydroxylation sites is 1. The van der Waals surface area contributed by atoms with Crippen LogP contribution in [0, 0.1) is 6.92 Å². The number of halogens is 2. The van der Waals surface area contributed by atoms with Crippen molar-refractivity contribution in [2.24, 2.45) is 0 Å². The van der Waals surface area contributed by atoms with Crippen LogP contribution in [0.2, 0.25) is 10.0 Å². The zero-order chi connectivity index (χ0) is 27.9. The van der Waals surface area contributed by atoms with Crippen molar-refractivity contribution in [3.05, 3.63) is 63.8 Å². The number of hydrogen-bond acceptors (Lipinski definition) is 6. The van der Waals surface area contributed by atoms with E-state index in [0.717, 1.165) is 11.1 Å². The Morgan fingerprint density at radius 2 is 1.85 bits per heavy atom. The zero-order valence-electron chi connectivity index (χ0n) is 22.2. The van der Waals surface area contributed by atoms with E-state index in [1.54, 1.807) is 11.0 Å². The first-order chi connectivity index (χ1) is 18.6. The van der Waals surface area contributed by atoms with Gasteiger partial charge in [-0.1, -0.05) is 41.4 Å². The number of pyridine rings is 1. The fourth-order valence-corrected chi connectivity index (χ4v) is 8.02. The molecule has 0 radical (unpaired) electrons. The number of nitrogens with zero attached hydrogens (tertiary/aromatic N) is 3. The third-order valence-corrected chi connectivity index (χ3v) is 10.1. The second kappa shape index (κ2) is 11.2. The molecule has 3 heterocycles. The van der Waals surface area contributed by atoms with Gasteiger partial charge in [-0.05, 0) is 57.9 Å². The molecule has 3 aromatic rings. The molecule has 208 valence electrons. The van der Waals surface area contributed by atoms with Gasteiger partial charge in [0.2, 0.25) is 15.9 Å². The number of nitrogens with one attached hydrogen (secondary N) is 1. The first-order valence-corrected chi connectivity index (χ1v) is 15.3. The molecule has 1 N–H and O–H groups in total. The van der Waals surface area contributed by atoms with E-state index in [1.807, 2.05) is 45.0 Å². The van der Waals surface area contributed by atoms with Crippen molar-refractivity contribution >= 4 is 50.0 Å². The Balaban J connectivity index is 1.41. The molecular weight excluding hydrogens is 559 g/mol. The van der Waals surface area contributed by atoms with E-state index in [2.05, 4.69) is 10.3 Å². The summed E-state index contributed by atoms with van der Waals surface area (Å²) in [6.07, 6.45) is 1.07. The van der Waals surface area contributed by atoms with Crippen LogP contribution in [0.1, 0.15) is 37.9 Å². The van der Waals surface area contributed by atoms with Gasteiger partial charge in [0, 0.05) is 53.4 Å². The molecule has 39 heavy (non-hydrogen) atoms. The third-order valence-electron chi connectivity index (χ3n) is 7.29. The van der Waals surface area contributed by atoms with E-state index in [1.165, 1.54) is 16.4 Å². The Labute approximate surface area is 239 Å². The average Bonchev–Trinajstić information content (AvgIpc) is 3.38. The number of piperazine rings is 1. The number of aryl methyl sites for hydroxylation is 1. The van der Waals surface area contributed by atoms with Gasteiger partial charge < -0.3 is 15.0 Å². The molecule has 2 fully saturated rings. The zero-order valence-corrected chi connectivity index (χ0v) is 24.5. The lowest BCUT2D eigenvalue weighted by atomic mass is 10.1. The molecule has 2 saturated heterocycles. The first-order valence-electron chi connectivity index (χ1n) is 13.1. The van der Waals surface area contributed by atoms with Gasteiger partial charge in [-0.15, -0.1) is 0 Å². The molecule has 3 atom stereocenters. The Morgan fingerprint density at radius 1 is 1.10 bits per heavy atom. The molecule has 0 aliphatic carbocycles. The molecule has 0 spiro atoms. The van der Waals surface area contributed by atoms with Gasteiger partial charge in [-0.25, -0.2) is 13.4 Å². The van der Waals surface area contributed by atoms with Crippen molar-refractivity contribution in [3.8, 4) is 5.75 Å². The van der Waals surface area contributed by atoms with Crippen molar-refractivity contribution in [2.75, 3.05) is 19.6 Å². The van der Waals surface area contributed by atoms with Gasteiger partial charge in [0.25, 0.3) is 0 Å². The normalized spacial score (nSPS) is 22.4. The molecule has 0 saturated carbocycles. The van der Waals surface area contributed by atoms with Gasteiger partial charge in [0.1, 0.15) is 28.8 Å². The molecule has 3 unspecified atom stereocenters. The van der Waals surface area contributed by atoms with Crippen LogP contribution in [0.15, 0.2) is 47.4 Å². The fourth-order valence-electron chi connectivity index (χ4n) is 5.51. The summed E-state index contributed by atoms with van der Waals surface area (Å²) in [5.41, 5.74) is 1.90. The van der Waals surface area contributed by atoms with Crippen molar-refractivity contribution in [3.63, 3.8) is 0 Å². The Kier molecular flexibility index (Phi) is 8.08. The highest BCUT2D eigenvalue weighted by atomic mass is 35.5. The molecule has 8 nitrogen and oxygen atoms in total. The van der Waals surface area contributed by atoms with E-state index in [-0.39, 0.29) is 41.1 Å². The second-order valence-corrected chi connectivity index (χ2v) is 13.0. The largest absolute Gasteiger partial charge is 0.487 e. The quantitative estimate of drug-likeness (QED) is 0.444. The minimum Gasteiger partial charge on any atom is -0.487 e. The van der Waals surface area contributed by atoms with Crippen LogP contribution in [0.25, 0.3) is 10.9 Å². The monoisotopic (exact) mass is 590 g/mol. The number of benzene rings is 2. The number of sulfonamides is 1. The summed E-state index contributed by atoms with van der Waals surface area (Å²) < 4.78 is 35.2. The van der Waals surface area contributed by atoms with Gasteiger partial charge in [0.15, 0.2) is 0 Å². The number of ether oxygens (including phenoxy) is 1. The molecule has 2 aliphatic heterocycles. The summed E-state index contributed by atoms with van der Waals surface area (Å²) >= 11 is 13.2. The fraction of sp³-hybridized carbons (Fsp3) is 0.429. The summed E-state index contributed by atoms with van der Waals surface area (Å²) in [6, 6.07) is 11.9. The lowest BCUT2D eigenvalue weighted by Gasteiger charge is -2.38. The minimum absolute atomic E-state index is 0.00519. The lowest BCUT2D eigenvalue weighted by Crippen LogP contribution is -2.59. The highest BCUT2D eigenvalue weighted by Gasteiger charge is 2.43. The number of fused-ring (bicyclic) bond motifs is 1. The minimum atomic E-state index is -4.08. The Bertz CT molecular complexity index is 1510. The number of carbonyl (C=O) groups is 1. The summed E-state index contributed by atoms with van der Waals surface area (Å²) in [6.45, 7) is 7.23. The molecule has 0 bridgehead atoms. The Morgan fingerprint density at radius 3 is 2.59 bits per heavy atom. The molecule has 1 amide bonds. The smallest absolute Gasteiger partial charge is 0.245 e. The van der Waals surface area contributed by atoms with Crippen molar-refractivity contribution in [1.29, 1.82) is 0 Å². The summed E-state index contributed by atoms with van der Waals surface area (Å²) in [7, 11) is -4.08. The summed E-state index contributed by atoms with van der Waals surface area (Å²) in [5.74, 6) is 0.380. The number of amides is 1.